The fourth-order valence-corrected chi connectivity index (χ4v) is 3.61. The van der Waals surface area contributed by atoms with Gasteiger partial charge in [-0.2, -0.15) is 0 Å². The molecule has 0 saturated heterocycles. The summed E-state index contributed by atoms with van der Waals surface area (Å²) in [5, 5.41) is 0.657. The molecule has 0 aromatic heterocycles. The fraction of sp³-hybridized carbons (Fsp3) is 0.115. The second-order valence-corrected chi connectivity index (χ2v) is 7.90. The first kappa shape index (κ1) is 20.8. The average molecular weight is 431 g/mol. The predicted octanol–water partition coefficient (Wildman–Crippen LogP) is 5.89. The Bertz CT molecular complexity index is 1150. The molecule has 5 heteroatoms. The molecular weight excluding hydrogens is 408 g/mol. The first-order valence-electron chi connectivity index (χ1n) is 9.91. The van der Waals surface area contributed by atoms with Gasteiger partial charge in [-0.1, -0.05) is 35.9 Å². The molecule has 1 amide bonds. The van der Waals surface area contributed by atoms with Crippen LogP contribution < -0.4 is 14.5 Å². The smallest absolute Gasteiger partial charge is 0.262 e. The van der Waals surface area contributed by atoms with Crippen molar-refractivity contribution < 1.29 is 9.53 Å². The Kier molecular flexibility index (Phi) is 5.83. The Labute approximate surface area is 187 Å². The Morgan fingerprint density at radius 3 is 2.13 bits per heavy atom. The third kappa shape index (κ3) is 4.35. The van der Waals surface area contributed by atoms with Gasteiger partial charge in [-0.3, -0.25) is 9.69 Å². The number of anilines is 2. The largest absolute Gasteiger partial charge is 0.497 e. The highest BCUT2D eigenvalue weighted by molar-refractivity contribution is 6.30. The quantitative estimate of drug-likeness (QED) is 0.473. The maximum atomic E-state index is 13.4. The van der Waals surface area contributed by atoms with E-state index in [1.54, 1.807) is 12.0 Å². The highest BCUT2D eigenvalue weighted by Crippen LogP contribution is 2.36. The summed E-state index contributed by atoms with van der Waals surface area (Å²) in [6, 6.07) is 23.1. The zero-order chi connectivity index (χ0) is 22.0. The first-order valence-corrected chi connectivity index (χ1v) is 10.3. The Hall–Kier alpha value is -3.50. The summed E-state index contributed by atoms with van der Waals surface area (Å²) in [5.74, 6) is 0.707. The molecule has 1 heterocycles. The molecule has 3 aromatic rings. The third-order valence-corrected chi connectivity index (χ3v) is 5.44. The summed E-state index contributed by atoms with van der Waals surface area (Å²) in [7, 11) is 5.62. The number of benzene rings is 3. The van der Waals surface area contributed by atoms with Gasteiger partial charge in [-0.25, -0.2) is 0 Å². The summed E-state index contributed by atoms with van der Waals surface area (Å²) in [6.07, 6.45) is 3.82. The molecule has 156 valence electrons. The topological polar surface area (TPSA) is 32.8 Å². The molecule has 4 rings (SSSR count). The second-order valence-electron chi connectivity index (χ2n) is 7.46. The van der Waals surface area contributed by atoms with Gasteiger partial charge in [-0.05, 0) is 71.8 Å². The van der Waals surface area contributed by atoms with Crippen molar-refractivity contribution in [1.29, 1.82) is 0 Å². The number of nitrogens with zero attached hydrogens (tertiary/aromatic N) is 2. The van der Waals surface area contributed by atoms with Gasteiger partial charge >= 0.3 is 0 Å². The van der Waals surface area contributed by atoms with E-state index in [2.05, 4.69) is 0 Å². The minimum Gasteiger partial charge on any atom is -0.497 e. The van der Waals surface area contributed by atoms with Crippen LogP contribution >= 0.6 is 11.6 Å². The van der Waals surface area contributed by atoms with Crippen LogP contribution in [0.15, 0.2) is 84.4 Å². The number of halogens is 1. The Morgan fingerprint density at radius 2 is 1.55 bits per heavy atom. The lowest BCUT2D eigenvalue weighted by Crippen LogP contribution is -2.25. The molecule has 0 saturated carbocycles. The van der Waals surface area contributed by atoms with Crippen molar-refractivity contribution >= 4 is 40.7 Å². The first-order chi connectivity index (χ1) is 15.0. The lowest BCUT2D eigenvalue weighted by Gasteiger charge is -2.22. The van der Waals surface area contributed by atoms with Gasteiger partial charge in [0.05, 0.1) is 12.8 Å². The molecule has 0 atom stereocenters. The van der Waals surface area contributed by atoms with Crippen molar-refractivity contribution in [3.8, 4) is 5.75 Å². The van der Waals surface area contributed by atoms with Crippen LogP contribution in [0.4, 0.5) is 11.4 Å². The van der Waals surface area contributed by atoms with Crippen LogP contribution in [0.1, 0.15) is 11.1 Å². The molecule has 31 heavy (non-hydrogen) atoms. The number of amides is 1. The van der Waals surface area contributed by atoms with Gasteiger partial charge in [-0.15, -0.1) is 0 Å². The van der Waals surface area contributed by atoms with Crippen LogP contribution in [0.2, 0.25) is 5.02 Å². The minimum atomic E-state index is -0.0710. The summed E-state index contributed by atoms with van der Waals surface area (Å²) in [6.45, 7) is 0. The summed E-state index contributed by atoms with van der Waals surface area (Å²) in [4.78, 5) is 17.2. The normalized spacial score (nSPS) is 14.7. The number of hydrogen-bond donors (Lipinski definition) is 0. The number of carbonyl (C=O) groups excluding carboxylic acids is 1. The van der Waals surface area contributed by atoms with Crippen molar-refractivity contribution in [1.82, 2.24) is 0 Å². The van der Waals surface area contributed by atoms with E-state index in [4.69, 9.17) is 16.3 Å². The molecule has 1 aliphatic heterocycles. The summed E-state index contributed by atoms with van der Waals surface area (Å²) >= 11 is 6.08. The van der Waals surface area contributed by atoms with Crippen molar-refractivity contribution in [2.24, 2.45) is 0 Å². The summed E-state index contributed by atoms with van der Waals surface area (Å²) < 4.78 is 5.22. The van der Waals surface area contributed by atoms with Crippen LogP contribution in [0, 0.1) is 0 Å². The molecule has 0 unspecified atom stereocenters. The van der Waals surface area contributed by atoms with Gasteiger partial charge in [0.1, 0.15) is 5.75 Å². The molecule has 1 aliphatic rings. The van der Waals surface area contributed by atoms with Crippen LogP contribution in [0.5, 0.6) is 5.75 Å². The van der Waals surface area contributed by atoms with Crippen molar-refractivity contribution in [3.05, 3.63) is 101 Å². The lowest BCUT2D eigenvalue weighted by atomic mass is 10.1. The van der Waals surface area contributed by atoms with Crippen LogP contribution in [-0.2, 0) is 4.79 Å². The molecule has 0 fully saturated rings. The SMILES string of the molecule is COc1ccc(/C=C2/C=C(c3ccc(Cl)cc3)N(c3ccc(N(C)C)cc3)C2=O)cc1. The number of hydrogen-bond acceptors (Lipinski definition) is 3. The van der Waals surface area contributed by atoms with E-state index in [1.807, 2.05) is 104 Å². The number of carbonyl (C=O) groups is 1. The monoisotopic (exact) mass is 430 g/mol. The van der Waals surface area contributed by atoms with E-state index in [-0.39, 0.29) is 5.91 Å². The highest BCUT2D eigenvalue weighted by Gasteiger charge is 2.30. The predicted molar refractivity (Wildman–Crippen MR) is 129 cm³/mol. The molecular formula is C26H23ClN2O2. The molecule has 0 bridgehead atoms. The number of rotatable bonds is 5. The maximum absolute atomic E-state index is 13.4. The number of methoxy groups -OCH3 is 1. The Balaban J connectivity index is 1.76. The molecule has 0 spiro atoms. The fourth-order valence-electron chi connectivity index (χ4n) is 3.48. The van der Waals surface area contributed by atoms with Crippen molar-refractivity contribution in [3.63, 3.8) is 0 Å². The van der Waals surface area contributed by atoms with Gasteiger partial charge in [0.25, 0.3) is 5.91 Å². The zero-order valence-electron chi connectivity index (χ0n) is 17.7. The van der Waals surface area contributed by atoms with Crippen molar-refractivity contribution in [2.75, 3.05) is 31.0 Å². The molecule has 4 nitrogen and oxygen atoms in total. The third-order valence-electron chi connectivity index (χ3n) is 5.19. The number of ether oxygens (including phenoxy) is 1. The van der Waals surface area contributed by atoms with Gasteiger partial charge in [0.15, 0.2) is 0 Å². The van der Waals surface area contributed by atoms with Crippen LogP contribution in [0.25, 0.3) is 11.8 Å². The minimum absolute atomic E-state index is 0.0710. The second kappa shape index (κ2) is 8.70. The van der Waals surface area contributed by atoms with E-state index in [0.29, 0.717) is 10.6 Å². The van der Waals surface area contributed by atoms with Gasteiger partial charge in [0, 0.05) is 36.1 Å². The summed E-state index contributed by atoms with van der Waals surface area (Å²) in [5.41, 5.74) is 5.18. The van der Waals surface area contributed by atoms with Gasteiger partial charge < -0.3 is 9.64 Å². The average Bonchev–Trinajstić information content (AvgIpc) is 3.10. The van der Waals surface area contributed by atoms with E-state index < -0.39 is 0 Å². The Morgan fingerprint density at radius 1 is 0.903 bits per heavy atom. The van der Waals surface area contributed by atoms with E-state index in [0.717, 1.165) is 33.9 Å². The van der Waals surface area contributed by atoms with E-state index in [1.165, 1.54) is 0 Å². The van der Waals surface area contributed by atoms with Crippen LogP contribution in [-0.4, -0.2) is 27.1 Å². The van der Waals surface area contributed by atoms with E-state index in [9.17, 15) is 4.79 Å². The molecule has 3 aromatic carbocycles. The standard InChI is InChI=1S/C26H23ClN2O2/c1-28(2)22-10-12-23(13-11-22)29-25(19-6-8-21(27)9-7-19)17-20(26(29)30)16-18-4-14-24(31-3)15-5-18/h4-17H,1-3H3/b20-16-. The highest BCUT2D eigenvalue weighted by atomic mass is 35.5. The maximum Gasteiger partial charge on any atom is 0.262 e. The molecule has 0 radical (unpaired) electrons. The van der Waals surface area contributed by atoms with Gasteiger partial charge in [0.2, 0.25) is 0 Å². The van der Waals surface area contributed by atoms with E-state index >= 15 is 0 Å². The molecule has 0 N–H and O–H groups in total. The zero-order valence-corrected chi connectivity index (χ0v) is 18.4. The lowest BCUT2D eigenvalue weighted by molar-refractivity contribution is -0.113. The molecule has 0 aliphatic carbocycles. The van der Waals surface area contributed by atoms with Crippen LogP contribution in [0.3, 0.4) is 0 Å². The van der Waals surface area contributed by atoms with Crippen molar-refractivity contribution in [2.45, 2.75) is 0 Å².